The molecule has 1 atom stereocenters. The van der Waals surface area contributed by atoms with Crippen LogP contribution in [0.3, 0.4) is 0 Å². The molecular weight excluding hydrogens is 324 g/mol. The lowest BCUT2D eigenvalue weighted by molar-refractivity contribution is 0.262. The Hall–Kier alpha value is -1.40. The first-order chi connectivity index (χ1) is 10.9. The van der Waals surface area contributed by atoms with E-state index in [4.69, 9.17) is 18.0 Å². The van der Waals surface area contributed by atoms with Crippen LogP contribution in [0, 0.1) is 5.41 Å². The van der Waals surface area contributed by atoms with Crippen molar-refractivity contribution < 1.29 is 0 Å². The van der Waals surface area contributed by atoms with Crippen LogP contribution in [0.15, 0.2) is 17.6 Å². The van der Waals surface area contributed by atoms with Gasteiger partial charge in [-0.15, -0.1) is 11.3 Å². The molecule has 0 radical (unpaired) electrons. The second kappa shape index (κ2) is 6.24. The molecule has 1 aromatic heterocycles. The minimum absolute atomic E-state index is 0.220. The van der Waals surface area contributed by atoms with Crippen LogP contribution >= 0.6 is 23.6 Å². The summed E-state index contributed by atoms with van der Waals surface area (Å²) in [5.74, 6) is 0. The van der Waals surface area contributed by atoms with Crippen LogP contribution in [0.5, 0.6) is 0 Å². The number of benzene rings is 1. The lowest BCUT2D eigenvalue weighted by atomic mass is 9.80. The Morgan fingerprint density at radius 3 is 2.87 bits per heavy atom. The summed E-state index contributed by atoms with van der Waals surface area (Å²) in [5, 5.41) is 3.48. The van der Waals surface area contributed by atoms with Gasteiger partial charge in [-0.1, -0.05) is 20.8 Å². The summed E-state index contributed by atoms with van der Waals surface area (Å²) in [5.41, 5.74) is 11.1. The second-order valence-corrected chi connectivity index (χ2v) is 8.58. The fraction of sp³-hybridized carbons (Fsp3) is 0.529. The molecule has 23 heavy (non-hydrogen) atoms. The zero-order chi connectivity index (χ0) is 16.6. The molecule has 1 aliphatic heterocycles. The molecule has 0 aliphatic carbocycles. The number of hydrogen-bond donors (Lipinski definition) is 2. The first kappa shape index (κ1) is 16.5. The number of piperidine rings is 1. The minimum Gasteiger partial charge on any atom is -0.376 e. The number of anilines is 2. The van der Waals surface area contributed by atoms with Crippen molar-refractivity contribution >= 4 is 50.3 Å². The van der Waals surface area contributed by atoms with Gasteiger partial charge in [0.25, 0.3) is 0 Å². The standard InChI is InChI=1S/C17H24N4S2/c1-17(2,3)15-6-4-5-7-21(15)13-8-12-14(23-10-19-12)9-11(13)20-16(18)22/h8-10,15H,4-7H2,1-3H3,(H3,18,20,22). The van der Waals surface area contributed by atoms with Gasteiger partial charge >= 0.3 is 0 Å². The van der Waals surface area contributed by atoms with Gasteiger partial charge in [-0.25, -0.2) is 4.98 Å². The smallest absolute Gasteiger partial charge is 0.168 e. The van der Waals surface area contributed by atoms with Crippen molar-refractivity contribution in [1.82, 2.24) is 4.98 Å². The first-order valence-electron chi connectivity index (χ1n) is 8.06. The lowest BCUT2D eigenvalue weighted by Crippen LogP contribution is -2.47. The van der Waals surface area contributed by atoms with E-state index in [0.717, 1.165) is 28.1 Å². The molecule has 2 aromatic rings. The molecule has 0 spiro atoms. The van der Waals surface area contributed by atoms with E-state index in [1.54, 1.807) is 11.3 Å². The molecule has 3 N–H and O–H groups in total. The van der Waals surface area contributed by atoms with E-state index >= 15 is 0 Å². The summed E-state index contributed by atoms with van der Waals surface area (Å²) >= 11 is 6.72. The maximum Gasteiger partial charge on any atom is 0.168 e. The molecule has 2 heterocycles. The SMILES string of the molecule is CC(C)(C)C1CCCCN1c1cc2ncsc2cc1NC(N)=S. The van der Waals surface area contributed by atoms with Gasteiger partial charge < -0.3 is 16.0 Å². The van der Waals surface area contributed by atoms with Crippen molar-refractivity contribution in [3.05, 3.63) is 17.6 Å². The summed E-state index contributed by atoms with van der Waals surface area (Å²) in [6, 6.07) is 4.80. The number of nitrogens with one attached hydrogen (secondary N) is 1. The van der Waals surface area contributed by atoms with Crippen LogP contribution in [0.4, 0.5) is 11.4 Å². The topological polar surface area (TPSA) is 54.2 Å². The molecule has 1 aromatic carbocycles. The number of fused-ring (bicyclic) bond motifs is 1. The molecule has 1 fully saturated rings. The number of nitrogens with two attached hydrogens (primary N) is 1. The van der Waals surface area contributed by atoms with Gasteiger partial charge in [0.05, 0.1) is 27.1 Å². The average Bonchev–Trinajstić information content (AvgIpc) is 2.92. The Morgan fingerprint density at radius 2 is 2.17 bits per heavy atom. The van der Waals surface area contributed by atoms with Crippen molar-refractivity contribution in [1.29, 1.82) is 0 Å². The first-order valence-corrected chi connectivity index (χ1v) is 9.35. The van der Waals surface area contributed by atoms with E-state index in [0.29, 0.717) is 11.2 Å². The molecule has 1 unspecified atom stereocenters. The van der Waals surface area contributed by atoms with Gasteiger partial charge in [-0.2, -0.15) is 0 Å². The maximum absolute atomic E-state index is 5.75. The minimum atomic E-state index is 0.220. The number of nitrogens with zero attached hydrogens (tertiary/aromatic N) is 2. The fourth-order valence-corrected chi connectivity index (χ4v) is 4.29. The molecule has 0 bridgehead atoms. The van der Waals surface area contributed by atoms with Gasteiger partial charge in [0, 0.05) is 12.6 Å². The number of aromatic nitrogens is 1. The van der Waals surface area contributed by atoms with Crippen LogP contribution in [0.1, 0.15) is 40.0 Å². The van der Waals surface area contributed by atoms with Crippen molar-refractivity contribution in [3.63, 3.8) is 0 Å². The van der Waals surface area contributed by atoms with E-state index in [1.807, 2.05) is 5.51 Å². The van der Waals surface area contributed by atoms with E-state index in [-0.39, 0.29) is 5.41 Å². The third-order valence-corrected chi connectivity index (χ3v) is 5.41. The van der Waals surface area contributed by atoms with Crippen molar-refractivity contribution in [3.8, 4) is 0 Å². The van der Waals surface area contributed by atoms with Crippen LogP contribution in [0.25, 0.3) is 10.2 Å². The van der Waals surface area contributed by atoms with Crippen LogP contribution < -0.4 is 16.0 Å². The lowest BCUT2D eigenvalue weighted by Gasteiger charge is -2.45. The van der Waals surface area contributed by atoms with Gasteiger partial charge in [0.2, 0.25) is 0 Å². The number of thiazole rings is 1. The molecule has 4 nitrogen and oxygen atoms in total. The normalized spacial score (nSPS) is 19.1. The zero-order valence-electron chi connectivity index (χ0n) is 13.9. The molecule has 6 heteroatoms. The highest BCUT2D eigenvalue weighted by atomic mass is 32.1. The molecule has 1 aliphatic rings. The predicted molar refractivity (Wildman–Crippen MR) is 104 cm³/mol. The monoisotopic (exact) mass is 348 g/mol. The summed E-state index contributed by atoms with van der Waals surface area (Å²) in [4.78, 5) is 7.00. The number of hydrogen-bond acceptors (Lipinski definition) is 4. The third kappa shape index (κ3) is 3.43. The van der Waals surface area contributed by atoms with Crippen molar-refractivity contribution in [2.45, 2.75) is 46.1 Å². The largest absolute Gasteiger partial charge is 0.376 e. The molecule has 124 valence electrons. The summed E-state index contributed by atoms with van der Waals surface area (Å²) in [6.45, 7) is 8.01. The summed E-state index contributed by atoms with van der Waals surface area (Å²) in [7, 11) is 0. The van der Waals surface area contributed by atoms with E-state index in [2.05, 4.69) is 48.1 Å². The van der Waals surface area contributed by atoms with Crippen molar-refractivity contribution in [2.24, 2.45) is 11.1 Å². The van der Waals surface area contributed by atoms with Crippen LogP contribution in [-0.2, 0) is 0 Å². The Balaban J connectivity index is 2.09. The summed E-state index contributed by atoms with van der Waals surface area (Å²) in [6.07, 6.45) is 3.72. The Labute approximate surface area is 147 Å². The van der Waals surface area contributed by atoms with Crippen LogP contribution in [-0.4, -0.2) is 22.7 Å². The Bertz CT molecular complexity index is 717. The van der Waals surface area contributed by atoms with E-state index in [1.165, 1.54) is 19.3 Å². The molecule has 1 saturated heterocycles. The Morgan fingerprint density at radius 1 is 1.39 bits per heavy atom. The quantitative estimate of drug-likeness (QED) is 0.790. The second-order valence-electron chi connectivity index (χ2n) is 7.25. The highest BCUT2D eigenvalue weighted by molar-refractivity contribution is 7.80. The Kier molecular flexibility index (Phi) is 4.47. The molecule has 3 rings (SSSR count). The van der Waals surface area contributed by atoms with Crippen LogP contribution in [0.2, 0.25) is 0 Å². The molecule has 0 saturated carbocycles. The van der Waals surface area contributed by atoms with Gasteiger partial charge in [-0.3, -0.25) is 0 Å². The average molecular weight is 349 g/mol. The molecule has 0 amide bonds. The fourth-order valence-electron chi connectivity index (χ4n) is 3.48. The zero-order valence-corrected chi connectivity index (χ0v) is 15.6. The number of thiocarbonyl (C=S) groups is 1. The van der Waals surface area contributed by atoms with Gasteiger partial charge in [0.1, 0.15) is 0 Å². The van der Waals surface area contributed by atoms with E-state index in [9.17, 15) is 0 Å². The molecular formula is C17H24N4S2. The predicted octanol–water partition coefficient (Wildman–Crippen LogP) is 4.36. The highest BCUT2D eigenvalue weighted by Gasteiger charge is 2.33. The van der Waals surface area contributed by atoms with E-state index < -0.39 is 0 Å². The van der Waals surface area contributed by atoms with Gasteiger partial charge in [0.15, 0.2) is 5.11 Å². The van der Waals surface area contributed by atoms with Gasteiger partial charge in [-0.05, 0) is 49.0 Å². The highest BCUT2D eigenvalue weighted by Crippen LogP contribution is 2.40. The third-order valence-electron chi connectivity index (χ3n) is 4.52. The number of rotatable bonds is 2. The van der Waals surface area contributed by atoms with Crippen molar-refractivity contribution in [2.75, 3.05) is 16.8 Å². The maximum atomic E-state index is 5.75. The summed E-state index contributed by atoms with van der Waals surface area (Å²) < 4.78 is 1.15.